The van der Waals surface area contributed by atoms with Crippen LogP contribution in [0, 0.1) is 17.2 Å². The van der Waals surface area contributed by atoms with E-state index in [-0.39, 0.29) is 16.7 Å². The van der Waals surface area contributed by atoms with Crippen molar-refractivity contribution in [3.8, 4) is 6.07 Å². The molecule has 0 aromatic heterocycles. The van der Waals surface area contributed by atoms with Gasteiger partial charge in [-0.05, 0) is 54.8 Å². The minimum atomic E-state index is -3.61. The molecule has 0 bridgehead atoms. The van der Waals surface area contributed by atoms with E-state index in [0.29, 0.717) is 38.0 Å². The second kappa shape index (κ2) is 8.86. The van der Waals surface area contributed by atoms with Crippen molar-refractivity contribution in [3.63, 3.8) is 0 Å². The summed E-state index contributed by atoms with van der Waals surface area (Å²) in [5.74, 6) is -0.241. The van der Waals surface area contributed by atoms with E-state index < -0.39 is 10.0 Å². The average Bonchev–Trinajstić information content (AvgIpc) is 2.72. The Balaban J connectivity index is 1.55. The number of amides is 1. The number of rotatable bonds is 5. The van der Waals surface area contributed by atoms with Crippen LogP contribution in [0.4, 0.5) is 0 Å². The summed E-state index contributed by atoms with van der Waals surface area (Å²) in [5, 5.41) is 11.8. The van der Waals surface area contributed by atoms with E-state index >= 15 is 0 Å². The first-order valence-corrected chi connectivity index (χ1v) is 11.2. The second-order valence-corrected chi connectivity index (χ2v) is 9.52. The topological polar surface area (TPSA) is 90.3 Å². The van der Waals surface area contributed by atoms with Gasteiger partial charge >= 0.3 is 0 Å². The van der Waals surface area contributed by atoms with Crippen LogP contribution in [0.5, 0.6) is 0 Å². The quantitative estimate of drug-likeness (QED) is 0.740. The van der Waals surface area contributed by atoms with E-state index in [1.807, 2.05) is 30.3 Å². The molecule has 1 fully saturated rings. The minimum absolute atomic E-state index is 0.0459. The van der Waals surface area contributed by atoms with Crippen LogP contribution in [-0.2, 0) is 21.4 Å². The number of hydrogen-bond donors (Lipinski definition) is 1. The van der Waals surface area contributed by atoms with Gasteiger partial charge in [0.25, 0.3) is 0 Å². The van der Waals surface area contributed by atoms with Gasteiger partial charge in [-0.25, -0.2) is 8.42 Å². The molecule has 0 atom stereocenters. The van der Waals surface area contributed by atoms with Crippen molar-refractivity contribution >= 4 is 31.9 Å². The van der Waals surface area contributed by atoms with E-state index in [0.717, 1.165) is 10.0 Å². The standard InChI is InChI=1S/C20H20BrN3O3S/c21-18-3-1-2-16(12-18)14-23-20(25)17-8-10-24(11-9-17)28(26,27)19-6-4-15(13-22)5-7-19/h1-7,12,17H,8-11,14H2,(H,23,25). The molecule has 2 aromatic rings. The van der Waals surface area contributed by atoms with Crippen molar-refractivity contribution in [2.75, 3.05) is 13.1 Å². The van der Waals surface area contributed by atoms with E-state index in [9.17, 15) is 13.2 Å². The number of benzene rings is 2. The molecule has 1 aliphatic rings. The van der Waals surface area contributed by atoms with Gasteiger partial charge in [0.2, 0.25) is 15.9 Å². The zero-order chi connectivity index (χ0) is 20.1. The smallest absolute Gasteiger partial charge is 0.243 e. The molecule has 0 unspecified atom stereocenters. The highest BCUT2D eigenvalue weighted by Crippen LogP contribution is 2.24. The number of hydrogen-bond acceptors (Lipinski definition) is 4. The first kappa shape index (κ1) is 20.5. The van der Waals surface area contributed by atoms with Crippen molar-refractivity contribution in [1.82, 2.24) is 9.62 Å². The fourth-order valence-electron chi connectivity index (χ4n) is 3.19. The molecular formula is C20H20BrN3O3S. The number of piperidine rings is 1. The number of nitriles is 1. The molecule has 6 nitrogen and oxygen atoms in total. The van der Waals surface area contributed by atoms with Crippen LogP contribution >= 0.6 is 15.9 Å². The number of carbonyl (C=O) groups excluding carboxylic acids is 1. The van der Waals surface area contributed by atoms with Crippen molar-refractivity contribution in [2.45, 2.75) is 24.3 Å². The number of sulfonamides is 1. The first-order chi connectivity index (χ1) is 13.4. The van der Waals surface area contributed by atoms with Gasteiger partial charge in [-0.2, -0.15) is 9.57 Å². The van der Waals surface area contributed by atoms with Gasteiger partial charge in [0, 0.05) is 30.0 Å². The van der Waals surface area contributed by atoms with Gasteiger partial charge in [0.15, 0.2) is 0 Å². The maximum absolute atomic E-state index is 12.7. The van der Waals surface area contributed by atoms with E-state index in [1.165, 1.54) is 28.6 Å². The van der Waals surface area contributed by atoms with Crippen LogP contribution in [0.2, 0.25) is 0 Å². The summed E-state index contributed by atoms with van der Waals surface area (Å²) in [5.41, 5.74) is 1.42. The minimum Gasteiger partial charge on any atom is -0.352 e. The number of nitrogens with zero attached hydrogens (tertiary/aromatic N) is 2. The third-order valence-electron chi connectivity index (χ3n) is 4.80. The number of halogens is 1. The molecule has 3 rings (SSSR count). The fourth-order valence-corrected chi connectivity index (χ4v) is 5.11. The Labute approximate surface area is 173 Å². The summed E-state index contributed by atoms with van der Waals surface area (Å²) in [6, 6.07) is 15.6. The Bertz CT molecular complexity index is 992. The lowest BCUT2D eigenvalue weighted by atomic mass is 9.97. The fraction of sp³-hybridized carbons (Fsp3) is 0.300. The lowest BCUT2D eigenvalue weighted by Gasteiger charge is -2.30. The SMILES string of the molecule is N#Cc1ccc(S(=O)(=O)N2CCC(C(=O)NCc3cccc(Br)c3)CC2)cc1. The third kappa shape index (κ3) is 4.79. The van der Waals surface area contributed by atoms with Gasteiger partial charge in [0.05, 0.1) is 16.5 Å². The van der Waals surface area contributed by atoms with Crippen molar-refractivity contribution in [2.24, 2.45) is 5.92 Å². The highest BCUT2D eigenvalue weighted by Gasteiger charge is 2.32. The molecule has 2 aromatic carbocycles. The zero-order valence-corrected chi connectivity index (χ0v) is 17.5. The first-order valence-electron chi connectivity index (χ1n) is 8.92. The summed E-state index contributed by atoms with van der Waals surface area (Å²) >= 11 is 3.41. The van der Waals surface area contributed by atoms with Crippen molar-refractivity contribution in [3.05, 3.63) is 64.1 Å². The third-order valence-corrected chi connectivity index (χ3v) is 7.21. The van der Waals surface area contributed by atoms with Crippen LogP contribution in [0.15, 0.2) is 57.9 Å². The summed E-state index contributed by atoms with van der Waals surface area (Å²) in [7, 11) is -3.61. The average molecular weight is 462 g/mol. The molecule has 1 amide bonds. The lowest BCUT2D eigenvalue weighted by molar-refractivity contribution is -0.126. The molecule has 0 spiro atoms. The number of nitrogens with one attached hydrogen (secondary N) is 1. The van der Waals surface area contributed by atoms with Crippen molar-refractivity contribution in [1.29, 1.82) is 5.26 Å². The predicted octanol–water partition coefficient (Wildman–Crippen LogP) is 3.04. The maximum Gasteiger partial charge on any atom is 0.243 e. The lowest BCUT2D eigenvalue weighted by Crippen LogP contribution is -2.42. The maximum atomic E-state index is 12.7. The zero-order valence-electron chi connectivity index (χ0n) is 15.1. The van der Waals surface area contributed by atoms with Gasteiger partial charge in [-0.1, -0.05) is 28.1 Å². The number of carbonyl (C=O) groups is 1. The molecule has 1 N–H and O–H groups in total. The van der Waals surface area contributed by atoms with E-state index in [4.69, 9.17) is 5.26 Å². The normalized spacial score (nSPS) is 15.7. The van der Waals surface area contributed by atoms with Crippen LogP contribution in [0.3, 0.4) is 0 Å². The van der Waals surface area contributed by atoms with Gasteiger partial charge in [0.1, 0.15) is 0 Å². The van der Waals surface area contributed by atoms with Crippen LogP contribution in [0.25, 0.3) is 0 Å². The molecule has 28 heavy (non-hydrogen) atoms. The predicted molar refractivity (Wildman–Crippen MR) is 109 cm³/mol. The molecule has 8 heteroatoms. The van der Waals surface area contributed by atoms with E-state index in [2.05, 4.69) is 21.2 Å². The molecular weight excluding hydrogens is 442 g/mol. The highest BCUT2D eigenvalue weighted by molar-refractivity contribution is 9.10. The highest BCUT2D eigenvalue weighted by atomic mass is 79.9. The Morgan fingerprint density at radius 3 is 2.46 bits per heavy atom. The molecule has 1 saturated heterocycles. The largest absolute Gasteiger partial charge is 0.352 e. The Hall–Kier alpha value is -2.21. The van der Waals surface area contributed by atoms with Gasteiger partial charge in [-0.15, -0.1) is 0 Å². The second-order valence-electron chi connectivity index (χ2n) is 6.66. The van der Waals surface area contributed by atoms with Gasteiger partial charge < -0.3 is 5.32 Å². The summed E-state index contributed by atoms with van der Waals surface area (Å²) < 4.78 is 27.9. The Kier molecular flexibility index (Phi) is 6.50. The Morgan fingerprint density at radius 2 is 1.86 bits per heavy atom. The molecule has 146 valence electrons. The van der Waals surface area contributed by atoms with E-state index in [1.54, 1.807) is 0 Å². The Morgan fingerprint density at radius 1 is 1.18 bits per heavy atom. The van der Waals surface area contributed by atoms with Crippen molar-refractivity contribution < 1.29 is 13.2 Å². The molecule has 0 aliphatic carbocycles. The monoisotopic (exact) mass is 461 g/mol. The summed E-state index contributed by atoms with van der Waals surface area (Å²) in [4.78, 5) is 12.6. The molecule has 0 radical (unpaired) electrons. The van der Waals surface area contributed by atoms with Crippen LogP contribution in [-0.4, -0.2) is 31.7 Å². The molecule has 1 heterocycles. The summed E-state index contributed by atoms with van der Waals surface area (Å²) in [6.07, 6.45) is 0.972. The molecule has 0 saturated carbocycles. The van der Waals surface area contributed by atoms with Crippen LogP contribution in [0.1, 0.15) is 24.0 Å². The van der Waals surface area contributed by atoms with Crippen LogP contribution < -0.4 is 5.32 Å². The van der Waals surface area contributed by atoms with Gasteiger partial charge in [-0.3, -0.25) is 4.79 Å². The molecule has 1 aliphatic heterocycles. The summed E-state index contributed by atoms with van der Waals surface area (Å²) in [6.45, 7) is 1.05.